The topological polar surface area (TPSA) is 406 Å². The Hall–Kier alpha value is -9.02. The summed E-state index contributed by atoms with van der Waals surface area (Å²) >= 11 is 1.38. The zero-order chi connectivity index (χ0) is 80.9. The van der Waals surface area contributed by atoms with Crippen molar-refractivity contribution >= 4 is 82.5 Å². The molecule has 608 valence electrons. The molecule has 0 saturated heterocycles. The molecule has 28 heteroatoms. The molecule has 0 unspecified atom stereocenters. The van der Waals surface area contributed by atoms with E-state index in [1.165, 1.54) is 89.5 Å². The summed E-state index contributed by atoms with van der Waals surface area (Å²) in [5, 5.41) is 50.5. The van der Waals surface area contributed by atoms with E-state index in [0.717, 1.165) is 25.7 Å². The number of aliphatic hydroxyl groups excluding tert-OH is 2. The van der Waals surface area contributed by atoms with Crippen molar-refractivity contribution < 1.29 is 67.7 Å². The maximum Gasteiger partial charge on any atom is 0.245 e. The highest BCUT2D eigenvalue weighted by atomic mass is 32.2. The first kappa shape index (κ1) is 93.4. The number of Topliss-reactive ketones (excluding diaryl/α,β-unsaturated/α-hetero) is 1. The molecule has 14 N–H and O–H groups in total. The normalized spacial score (nSPS) is 14.6. The minimum absolute atomic E-state index is 0.0217. The van der Waals surface area contributed by atoms with E-state index in [1.54, 1.807) is 125 Å². The molecular formula is C82H125N13O14S. The Bertz CT molecular complexity index is 3450. The smallest absolute Gasteiger partial charge is 0.245 e. The zero-order valence-corrected chi connectivity index (χ0v) is 67.0. The van der Waals surface area contributed by atoms with Gasteiger partial charge in [-0.15, -0.1) is 0 Å². The number of aliphatic hydroxyl groups is 2. The van der Waals surface area contributed by atoms with Crippen molar-refractivity contribution in [3.05, 3.63) is 126 Å². The molecule has 1 heterocycles. The number of imidazole rings is 1. The van der Waals surface area contributed by atoms with Gasteiger partial charge in [0.15, 0.2) is 5.78 Å². The maximum atomic E-state index is 14.8. The third-order valence-corrected chi connectivity index (χ3v) is 19.8. The fourth-order valence-electron chi connectivity index (χ4n) is 12.5. The van der Waals surface area contributed by atoms with Crippen LogP contribution in [0.3, 0.4) is 0 Å². The summed E-state index contributed by atoms with van der Waals surface area (Å²) in [6.45, 7) is 14.1. The first-order chi connectivity index (χ1) is 52.7. The Balaban J connectivity index is 1.50. The SMILES string of the molecule is CCCCCCCCCCCCCCCC(=O)N[C@@H](CC(C)C)C(=O)N[C@@H](Cc1c[nH]cn1)C(=O)N[C@@H](CO)C(=O)N[C@@H](CC(C)C)C(=O)N[C@H](C(=O)N[C@@H](Cc1ccccc1)C(=O)N[C@@H](CCSC)C(=O)N[C@@H](C)C(=O)N[C@@H](Cc1ccccc1)C(=O)N[C@@H](Cc1ccccc1)C(=O)N[C@@H](CO)C(C)=O)[C@@H](C)CC. The molecule has 12 atom stereocenters. The van der Waals surface area contributed by atoms with Gasteiger partial charge >= 0.3 is 0 Å². The van der Waals surface area contributed by atoms with Crippen molar-refractivity contribution in [2.24, 2.45) is 17.8 Å². The molecule has 3 aromatic carbocycles. The molecule has 1 aromatic heterocycles. The van der Waals surface area contributed by atoms with Crippen molar-refractivity contribution in [2.45, 2.75) is 270 Å². The number of nitrogens with one attached hydrogen (secondary N) is 12. The number of unbranched alkanes of at least 4 members (excludes halogenated alkanes) is 12. The number of amides is 11. The summed E-state index contributed by atoms with van der Waals surface area (Å²) in [5.41, 5.74) is 2.30. The molecule has 4 rings (SSSR count). The molecule has 0 aliphatic heterocycles. The number of hydrogen-bond donors (Lipinski definition) is 14. The number of aromatic nitrogens is 2. The Labute approximate surface area is 654 Å². The van der Waals surface area contributed by atoms with Gasteiger partial charge in [-0.2, -0.15) is 11.8 Å². The van der Waals surface area contributed by atoms with E-state index >= 15 is 0 Å². The van der Waals surface area contributed by atoms with Crippen LogP contribution in [0.25, 0.3) is 0 Å². The summed E-state index contributed by atoms with van der Waals surface area (Å²) in [6.07, 6.45) is 20.3. The number of aromatic amines is 1. The van der Waals surface area contributed by atoms with Gasteiger partial charge in [0.2, 0.25) is 65.0 Å². The van der Waals surface area contributed by atoms with Gasteiger partial charge in [0.05, 0.1) is 25.2 Å². The quantitative estimate of drug-likeness (QED) is 0.0226. The Morgan fingerprint density at radius 3 is 1.19 bits per heavy atom. The summed E-state index contributed by atoms with van der Waals surface area (Å²) < 4.78 is 0. The molecule has 0 aliphatic carbocycles. The van der Waals surface area contributed by atoms with Gasteiger partial charge in [-0.25, -0.2) is 4.98 Å². The van der Waals surface area contributed by atoms with Crippen LogP contribution in [0.1, 0.15) is 200 Å². The van der Waals surface area contributed by atoms with Gasteiger partial charge in [0, 0.05) is 38.3 Å². The predicted octanol–water partition coefficient (Wildman–Crippen LogP) is 5.98. The van der Waals surface area contributed by atoms with Crippen LogP contribution >= 0.6 is 11.8 Å². The lowest BCUT2D eigenvalue weighted by molar-refractivity contribution is -0.137. The van der Waals surface area contributed by atoms with Crippen molar-refractivity contribution in [1.29, 1.82) is 0 Å². The fourth-order valence-corrected chi connectivity index (χ4v) is 12.9. The Morgan fingerprint density at radius 2 is 0.773 bits per heavy atom. The largest absolute Gasteiger partial charge is 0.394 e. The number of thioether (sulfide) groups is 1. The molecule has 27 nitrogen and oxygen atoms in total. The van der Waals surface area contributed by atoms with E-state index in [2.05, 4.69) is 75.4 Å². The van der Waals surface area contributed by atoms with E-state index in [9.17, 15) is 67.7 Å². The molecule has 0 saturated carbocycles. The summed E-state index contributed by atoms with van der Waals surface area (Å²) in [7, 11) is 0. The third-order valence-electron chi connectivity index (χ3n) is 19.1. The molecule has 11 amide bonds. The van der Waals surface area contributed by atoms with Gasteiger partial charge in [0.25, 0.3) is 0 Å². The van der Waals surface area contributed by atoms with Gasteiger partial charge in [-0.1, -0.05) is 223 Å². The second-order valence-electron chi connectivity index (χ2n) is 29.6. The van der Waals surface area contributed by atoms with Crippen LogP contribution in [0, 0.1) is 17.8 Å². The number of H-pyrrole nitrogens is 1. The van der Waals surface area contributed by atoms with Gasteiger partial charge < -0.3 is 73.7 Å². The standard InChI is InChI=1S/C82H125N13O14S/c1-11-13-14-15-16-17-18-19-20-21-22-23-33-40-71(99)86-63(43-53(3)4)75(102)91-68(48-61-49-83-52-84-61)79(106)94-70(51-97)81(108)89-64(44-54(5)6)80(107)95-72(55(7)12-2)82(109)92-67(47-60-38-31-26-32-39-60)76(103)87-62(41-42-110-10)74(101)85-56(8)73(100)88-65(45-58-34-27-24-28-35-58)77(104)90-66(46-59-36-29-25-30-37-59)78(105)93-69(50-96)57(9)98/h24-32,34-39,49,52-56,62-70,72,96-97H,11-23,33,40-48,50-51H2,1-10H3,(H,83,84)(H,85,101)(H,86,99)(H,87,103)(H,88,100)(H,89,108)(H,90,104)(H,91,102)(H,92,109)(H,93,105)(H,94,106)(H,95,107)/t55-,56-,62-,63-,64-,65-,66-,67-,68-,69-,70-,72-/m0/s1. The molecular weight excluding hydrogens is 1420 g/mol. The second kappa shape index (κ2) is 52.2. The number of rotatable bonds is 55. The van der Waals surface area contributed by atoms with Crippen LogP contribution in [0.15, 0.2) is 104 Å². The summed E-state index contributed by atoms with van der Waals surface area (Å²) in [5.74, 6) is -9.25. The molecule has 0 aliphatic rings. The fraction of sp³-hybridized carbons (Fsp3) is 0.598. The molecule has 0 fully saturated rings. The lowest BCUT2D eigenvalue weighted by Crippen LogP contribution is -2.62. The number of nitrogens with zero attached hydrogens (tertiary/aromatic N) is 1. The molecule has 4 aromatic rings. The van der Waals surface area contributed by atoms with E-state index < -0.39 is 150 Å². The van der Waals surface area contributed by atoms with E-state index in [4.69, 9.17) is 0 Å². The summed E-state index contributed by atoms with van der Waals surface area (Å²) in [4.78, 5) is 177. The van der Waals surface area contributed by atoms with Crippen molar-refractivity contribution in [3.8, 4) is 0 Å². The lowest BCUT2D eigenvalue weighted by Gasteiger charge is -2.30. The van der Waals surface area contributed by atoms with Gasteiger partial charge in [0.1, 0.15) is 66.5 Å². The highest BCUT2D eigenvalue weighted by Crippen LogP contribution is 2.18. The Kier molecular flexibility index (Phi) is 44.3. The number of ketones is 1. The first-order valence-electron chi connectivity index (χ1n) is 39.3. The molecule has 0 spiro atoms. The number of benzene rings is 3. The van der Waals surface area contributed by atoms with Crippen LogP contribution in [-0.2, 0) is 83.2 Å². The predicted molar refractivity (Wildman–Crippen MR) is 426 cm³/mol. The number of carbonyl (C=O) groups excluding carboxylic acids is 12. The van der Waals surface area contributed by atoms with Crippen molar-refractivity contribution in [3.63, 3.8) is 0 Å². The highest BCUT2D eigenvalue weighted by molar-refractivity contribution is 7.98. The van der Waals surface area contributed by atoms with Gasteiger partial charge in [-0.05, 0) is 86.0 Å². The first-order valence-corrected chi connectivity index (χ1v) is 40.7. The minimum Gasteiger partial charge on any atom is -0.394 e. The average Bonchev–Trinajstić information content (AvgIpc) is 1.42. The van der Waals surface area contributed by atoms with Gasteiger partial charge in [-0.3, -0.25) is 57.5 Å². The second-order valence-corrected chi connectivity index (χ2v) is 30.5. The van der Waals surface area contributed by atoms with Crippen molar-refractivity contribution in [1.82, 2.24) is 68.5 Å². The van der Waals surface area contributed by atoms with E-state index in [0.29, 0.717) is 41.0 Å². The van der Waals surface area contributed by atoms with E-state index in [1.807, 2.05) is 13.8 Å². The zero-order valence-electron chi connectivity index (χ0n) is 66.2. The highest BCUT2D eigenvalue weighted by Gasteiger charge is 2.38. The van der Waals surface area contributed by atoms with Crippen LogP contribution in [0.5, 0.6) is 0 Å². The lowest BCUT2D eigenvalue weighted by atomic mass is 9.95. The van der Waals surface area contributed by atoms with Crippen LogP contribution < -0.4 is 58.5 Å². The van der Waals surface area contributed by atoms with Crippen molar-refractivity contribution in [2.75, 3.05) is 25.2 Å². The molecule has 0 radical (unpaired) electrons. The van der Waals surface area contributed by atoms with Crippen LogP contribution in [0.2, 0.25) is 0 Å². The maximum absolute atomic E-state index is 14.8. The number of carbonyl (C=O) groups is 12. The van der Waals surface area contributed by atoms with Crippen LogP contribution in [-0.4, -0.2) is 183 Å². The monoisotopic (exact) mass is 1550 g/mol. The Morgan fingerprint density at radius 1 is 0.409 bits per heavy atom. The average molecular weight is 1550 g/mol. The third kappa shape index (κ3) is 35.8. The molecule has 0 bridgehead atoms. The molecule has 110 heavy (non-hydrogen) atoms. The van der Waals surface area contributed by atoms with E-state index in [-0.39, 0.29) is 69.1 Å². The summed E-state index contributed by atoms with van der Waals surface area (Å²) in [6, 6.07) is 11.7. The minimum atomic E-state index is -1.66. The number of hydrogen-bond acceptors (Lipinski definition) is 16. The van der Waals surface area contributed by atoms with Crippen LogP contribution in [0.4, 0.5) is 0 Å².